The molecule has 0 radical (unpaired) electrons. The second kappa shape index (κ2) is 8.62. The van der Waals surface area contributed by atoms with Gasteiger partial charge in [0, 0.05) is 5.69 Å². The Morgan fingerprint density at radius 3 is 2.63 bits per heavy atom. The molecule has 2 aromatic heterocycles. The number of nitrogens with zero attached hydrogens (tertiary/aromatic N) is 2. The number of hydrogen-bond acceptors (Lipinski definition) is 8. The molecule has 0 aliphatic rings. The van der Waals surface area contributed by atoms with E-state index in [1.807, 2.05) is 0 Å². The van der Waals surface area contributed by atoms with E-state index in [4.69, 9.17) is 5.73 Å². The van der Waals surface area contributed by atoms with Gasteiger partial charge in [-0.2, -0.15) is 13.2 Å². The first kappa shape index (κ1) is 22.1. The van der Waals surface area contributed by atoms with Crippen molar-refractivity contribution in [2.45, 2.75) is 20.4 Å². The van der Waals surface area contributed by atoms with E-state index in [9.17, 15) is 26.4 Å². The van der Waals surface area contributed by atoms with Gasteiger partial charge < -0.3 is 11.1 Å². The molecule has 0 atom stereocenters. The van der Waals surface area contributed by atoms with Crippen LogP contribution in [-0.2, 0) is 20.8 Å². The minimum absolute atomic E-state index is 0.00625. The van der Waals surface area contributed by atoms with Crippen molar-refractivity contribution in [2.24, 2.45) is 0 Å². The lowest BCUT2D eigenvalue weighted by Gasteiger charge is -2.10. The molecule has 0 aliphatic heterocycles. The molecule has 0 fully saturated rings. The zero-order valence-corrected chi connectivity index (χ0v) is 17.3. The van der Waals surface area contributed by atoms with Crippen LogP contribution in [0.4, 0.5) is 24.7 Å². The summed E-state index contributed by atoms with van der Waals surface area (Å²) in [5, 5.41) is 4.01. The Labute approximate surface area is 177 Å². The van der Waals surface area contributed by atoms with E-state index in [-0.39, 0.29) is 31.5 Å². The van der Waals surface area contributed by atoms with Crippen LogP contribution < -0.4 is 11.1 Å². The average Bonchev–Trinajstić information content (AvgIpc) is 3.21. The summed E-state index contributed by atoms with van der Waals surface area (Å²) in [6, 6.07) is 7.24. The molecule has 7 nitrogen and oxygen atoms in total. The molecule has 0 saturated heterocycles. The first-order valence-electron chi connectivity index (χ1n) is 8.08. The Morgan fingerprint density at radius 2 is 2.00 bits per heavy atom. The second-order valence-electron chi connectivity index (χ2n) is 5.75. The monoisotopic (exact) mass is 474 g/mol. The van der Waals surface area contributed by atoms with Crippen molar-refractivity contribution in [2.75, 3.05) is 16.8 Å². The summed E-state index contributed by atoms with van der Waals surface area (Å²) < 4.78 is 63.3. The van der Waals surface area contributed by atoms with Crippen molar-refractivity contribution < 1.29 is 26.4 Å². The lowest BCUT2D eigenvalue weighted by molar-refractivity contribution is -0.137. The number of anilines is 2. The Hall–Kier alpha value is -2.64. The molecule has 0 saturated carbocycles. The van der Waals surface area contributed by atoms with Crippen LogP contribution in [0.1, 0.15) is 5.56 Å². The van der Waals surface area contributed by atoms with Crippen molar-refractivity contribution in [3.05, 3.63) is 53.5 Å². The Morgan fingerprint density at radius 1 is 1.23 bits per heavy atom. The number of benzene rings is 1. The number of carbonyl (C=O) groups is 1. The Bertz CT molecular complexity index is 1170. The summed E-state index contributed by atoms with van der Waals surface area (Å²) in [4.78, 5) is 19.6. The summed E-state index contributed by atoms with van der Waals surface area (Å²) in [5.74, 6) is -1.07. The number of nitrogen functional groups attached to an aromatic ring is 1. The zero-order chi connectivity index (χ0) is 21.9. The highest BCUT2D eigenvalue weighted by Gasteiger charge is 2.30. The van der Waals surface area contributed by atoms with Crippen molar-refractivity contribution in [1.29, 1.82) is 0 Å². The van der Waals surface area contributed by atoms with Crippen molar-refractivity contribution in [3.8, 4) is 0 Å². The summed E-state index contributed by atoms with van der Waals surface area (Å²) in [7, 11) is -3.84. The number of amides is 1. The molecule has 3 aromatic rings. The fourth-order valence-corrected chi connectivity index (χ4v) is 5.27. The number of sulfone groups is 1. The van der Waals surface area contributed by atoms with E-state index in [1.165, 1.54) is 18.2 Å². The van der Waals surface area contributed by atoms with E-state index in [0.717, 1.165) is 41.4 Å². The van der Waals surface area contributed by atoms with Gasteiger partial charge in [-0.25, -0.2) is 18.4 Å². The molecule has 2 heterocycles. The van der Waals surface area contributed by atoms with Crippen LogP contribution in [0, 0.1) is 0 Å². The first-order chi connectivity index (χ1) is 14.1. The maximum absolute atomic E-state index is 12.7. The topological polar surface area (TPSA) is 115 Å². The quantitative estimate of drug-likeness (QED) is 0.413. The van der Waals surface area contributed by atoms with Gasteiger partial charge in [0.15, 0.2) is 5.16 Å². The minimum atomic E-state index is -4.52. The van der Waals surface area contributed by atoms with Crippen LogP contribution in [0.15, 0.2) is 62.2 Å². The predicted molar refractivity (Wildman–Crippen MR) is 107 cm³/mol. The standard InChI is InChI=1S/C17H13F3N4O3S3/c18-17(19,20)10-3-1-4-11(7-10)23-13(25)9-29-16-22-8-12(15(21)24-16)30(26,27)14-5-2-6-28-14/h1-8H,9H2,(H,23,25)(H2,21,22,24). The molecule has 13 heteroatoms. The molecule has 0 unspecified atom stereocenters. The van der Waals surface area contributed by atoms with Crippen molar-refractivity contribution in [1.82, 2.24) is 9.97 Å². The molecular weight excluding hydrogens is 461 g/mol. The highest BCUT2D eigenvalue weighted by molar-refractivity contribution is 7.99. The third kappa shape index (κ3) is 5.09. The minimum Gasteiger partial charge on any atom is -0.382 e. The van der Waals surface area contributed by atoms with E-state index in [2.05, 4.69) is 15.3 Å². The fourth-order valence-electron chi connectivity index (χ4n) is 2.27. The SMILES string of the molecule is Nc1nc(SCC(=O)Nc2cccc(C(F)(F)F)c2)ncc1S(=O)(=O)c1cccs1. The second-order valence-corrected chi connectivity index (χ2v) is 9.79. The lowest BCUT2D eigenvalue weighted by atomic mass is 10.2. The summed E-state index contributed by atoms with van der Waals surface area (Å²) >= 11 is 1.89. The van der Waals surface area contributed by atoms with Gasteiger partial charge in [0.2, 0.25) is 15.7 Å². The lowest BCUT2D eigenvalue weighted by Crippen LogP contribution is -2.15. The number of nitrogens with one attached hydrogen (secondary N) is 1. The van der Waals surface area contributed by atoms with Crippen molar-refractivity contribution >= 4 is 50.3 Å². The third-order valence-corrected chi connectivity index (χ3v) is 7.65. The van der Waals surface area contributed by atoms with Gasteiger partial charge in [-0.05, 0) is 29.6 Å². The fraction of sp³-hybridized carbons (Fsp3) is 0.118. The average molecular weight is 475 g/mol. The Balaban J connectivity index is 1.65. The predicted octanol–water partition coefficient (Wildman–Crippen LogP) is 3.70. The van der Waals surface area contributed by atoms with Gasteiger partial charge in [0.05, 0.1) is 17.5 Å². The van der Waals surface area contributed by atoms with Crippen LogP contribution in [0.25, 0.3) is 0 Å². The van der Waals surface area contributed by atoms with E-state index in [0.29, 0.717) is 0 Å². The molecule has 1 amide bonds. The normalized spacial score (nSPS) is 12.0. The molecule has 0 aliphatic carbocycles. The molecule has 3 N–H and O–H groups in total. The third-order valence-electron chi connectivity index (χ3n) is 3.62. The smallest absolute Gasteiger partial charge is 0.382 e. The largest absolute Gasteiger partial charge is 0.416 e. The van der Waals surface area contributed by atoms with Crippen molar-refractivity contribution in [3.63, 3.8) is 0 Å². The van der Waals surface area contributed by atoms with E-state index < -0.39 is 27.5 Å². The summed E-state index contributed by atoms with van der Waals surface area (Å²) in [6.07, 6.45) is -3.46. The van der Waals surface area contributed by atoms with Crippen LogP contribution >= 0.6 is 23.1 Å². The van der Waals surface area contributed by atoms with E-state index >= 15 is 0 Å². The molecule has 30 heavy (non-hydrogen) atoms. The number of hydrogen-bond donors (Lipinski definition) is 2. The number of thiophene rings is 1. The number of halogens is 3. The van der Waals surface area contributed by atoms with Crippen LogP contribution in [0.3, 0.4) is 0 Å². The van der Waals surface area contributed by atoms with Gasteiger partial charge in [-0.3, -0.25) is 4.79 Å². The van der Waals surface area contributed by atoms with Gasteiger partial charge in [-0.15, -0.1) is 11.3 Å². The molecule has 3 rings (SSSR count). The molecular formula is C17H13F3N4O3S3. The van der Waals surface area contributed by atoms with Gasteiger partial charge >= 0.3 is 6.18 Å². The summed E-state index contributed by atoms with van der Waals surface area (Å²) in [5.41, 5.74) is 4.87. The number of alkyl halides is 3. The van der Waals surface area contributed by atoms with Crippen LogP contribution in [0.2, 0.25) is 0 Å². The Kier molecular flexibility index (Phi) is 6.33. The van der Waals surface area contributed by atoms with Gasteiger partial charge in [0.1, 0.15) is 14.9 Å². The van der Waals surface area contributed by atoms with Crippen LogP contribution in [0.5, 0.6) is 0 Å². The maximum Gasteiger partial charge on any atom is 0.416 e. The van der Waals surface area contributed by atoms with Gasteiger partial charge in [-0.1, -0.05) is 23.9 Å². The number of nitrogens with two attached hydrogens (primary N) is 1. The van der Waals surface area contributed by atoms with Crippen LogP contribution in [-0.4, -0.2) is 30.0 Å². The number of aromatic nitrogens is 2. The molecule has 1 aromatic carbocycles. The molecule has 0 bridgehead atoms. The first-order valence-corrected chi connectivity index (χ1v) is 11.4. The zero-order valence-electron chi connectivity index (χ0n) is 14.9. The number of carbonyl (C=O) groups excluding carboxylic acids is 1. The molecule has 158 valence electrons. The highest BCUT2D eigenvalue weighted by Crippen LogP contribution is 2.31. The van der Waals surface area contributed by atoms with E-state index in [1.54, 1.807) is 11.4 Å². The summed E-state index contributed by atoms with van der Waals surface area (Å²) in [6.45, 7) is 0. The molecule has 0 spiro atoms. The van der Waals surface area contributed by atoms with Gasteiger partial charge in [0.25, 0.3) is 0 Å². The number of rotatable bonds is 6. The highest BCUT2D eigenvalue weighted by atomic mass is 32.2. The number of thioether (sulfide) groups is 1. The maximum atomic E-state index is 12.7.